The number of aromatic nitrogens is 3. The molecule has 2 N–H and O–H groups in total. The van der Waals surface area contributed by atoms with E-state index in [0.29, 0.717) is 5.56 Å². The number of ether oxygens (including phenoxy) is 1. The molecule has 1 unspecified atom stereocenters. The SMILES string of the molecule is Cc1cc(C(C)(NC(=O)c2cc(OCC(F)(F)F)c(C3CC3)cn2)C2CC2)n[nH]1. The molecule has 1 amide bonds. The van der Waals surface area contributed by atoms with Crippen LogP contribution in [0.5, 0.6) is 5.75 Å². The molecule has 156 valence electrons. The summed E-state index contributed by atoms with van der Waals surface area (Å²) < 4.78 is 42.9. The summed E-state index contributed by atoms with van der Waals surface area (Å²) in [4.78, 5) is 17.1. The number of amides is 1. The minimum Gasteiger partial charge on any atom is -0.484 e. The summed E-state index contributed by atoms with van der Waals surface area (Å²) >= 11 is 0. The summed E-state index contributed by atoms with van der Waals surface area (Å²) in [7, 11) is 0. The molecule has 2 saturated carbocycles. The van der Waals surface area contributed by atoms with Crippen LogP contribution in [-0.2, 0) is 5.54 Å². The van der Waals surface area contributed by atoms with Crippen molar-refractivity contribution in [2.45, 2.75) is 57.2 Å². The van der Waals surface area contributed by atoms with Crippen molar-refractivity contribution in [2.75, 3.05) is 6.61 Å². The van der Waals surface area contributed by atoms with Crippen LogP contribution >= 0.6 is 0 Å². The molecule has 0 aromatic carbocycles. The van der Waals surface area contributed by atoms with Crippen molar-refractivity contribution in [3.05, 3.63) is 41.0 Å². The average Bonchev–Trinajstić information content (AvgIpc) is 3.57. The molecule has 2 heterocycles. The fourth-order valence-corrected chi connectivity index (χ4v) is 3.58. The Labute approximate surface area is 166 Å². The summed E-state index contributed by atoms with van der Waals surface area (Å²) in [6, 6.07) is 3.21. The molecule has 6 nitrogen and oxygen atoms in total. The first-order valence-electron chi connectivity index (χ1n) is 9.70. The molecule has 2 aromatic heterocycles. The lowest BCUT2D eigenvalue weighted by Crippen LogP contribution is -2.46. The Morgan fingerprint density at radius 1 is 1.28 bits per heavy atom. The molecule has 0 spiro atoms. The van der Waals surface area contributed by atoms with Gasteiger partial charge in [-0.05, 0) is 57.4 Å². The van der Waals surface area contributed by atoms with Gasteiger partial charge in [-0.2, -0.15) is 18.3 Å². The predicted molar refractivity (Wildman–Crippen MR) is 98.6 cm³/mol. The van der Waals surface area contributed by atoms with Gasteiger partial charge in [-0.25, -0.2) is 0 Å². The number of H-pyrrole nitrogens is 1. The molecule has 1 atom stereocenters. The van der Waals surface area contributed by atoms with E-state index in [1.54, 1.807) is 0 Å². The van der Waals surface area contributed by atoms with Gasteiger partial charge in [0.05, 0.1) is 11.2 Å². The van der Waals surface area contributed by atoms with Crippen LogP contribution in [0, 0.1) is 12.8 Å². The standard InChI is InChI=1S/C20H23F3N4O2/c1-11-7-17(27-26-11)19(2,13-5-6-13)25-18(28)15-8-16(29-10-20(21,22)23)14(9-24-15)12-3-4-12/h7-9,12-13H,3-6,10H2,1-2H3,(H,25,28)(H,26,27). The van der Waals surface area contributed by atoms with E-state index in [9.17, 15) is 18.0 Å². The van der Waals surface area contributed by atoms with Crippen molar-refractivity contribution in [3.8, 4) is 5.75 Å². The highest BCUT2D eigenvalue weighted by atomic mass is 19.4. The minimum atomic E-state index is -4.45. The van der Waals surface area contributed by atoms with Crippen LogP contribution in [0.1, 0.15) is 66.0 Å². The monoisotopic (exact) mass is 408 g/mol. The van der Waals surface area contributed by atoms with E-state index < -0.39 is 24.2 Å². The van der Waals surface area contributed by atoms with Gasteiger partial charge >= 0.3 is 6.18 Å². The average molecular weight is 408 g/mol. The van der Waals surface area contributed by atoms with Gasteiger partial charge in [0.25, 0.3) is 5.91 Å². The highest BCUT2D eigenvalue weighted by molar-refractivity contribution is 5.93. The molecule has 2 fully saturated rings. The van der Waals surface area contributed by atoms with Crippen molar-refractivity contribution >= 4 is 5.91 Å². The Balaban J connectivity index is 1.57. The molecule has 2 aliphatic rings. The molecular weight excluding hydrogens is 385 g/mol. The van der Waals surface area contributed by atoms with E-state index in [1.165, 1.54) is 12.3 Å². The molecule has 2 aromatic rings. The first-order chi connectivity index (χ1) is 13.7. The van der Waals surface area contributed by atoms with Gasteiger partial charge in [0.1, 0.15) is 11.4 Å². The third kappa shape index (κ3) is 4.38. The number of hydrogen-bond acceptors (Lipinski definition) is 4. The van der Waals surface area contributed by atoms with Crippen LogP contribution in [-0.4, -0.2) is 33.9 Å². The van der Waals surface area contributed by atoms with Gasteiger partial charge in [-0.15, -0.1) is 0 Å². The molecule has 0 aliphatic heterocycles. The van der Waals surface area contributed by atoms with E-state index in [-0.39, 0.29) is 23.3 Å². The number of rotatable bonds is 7. The second-order valence-corrected chi connectivity index (χ2v) is 8.15. The maximum atomic E-state index is 12.9. The van der Waals surface area contributed by atoms with E-state index >= 15 is 0 Å². The van der Waals surface area contributed by atoms with Gasteiger partial charge in [-0.3, -0.25) is 14.9 Å². The summed E-state index contributed by atoms with van der Waals surface area (Å²) in [5.74, 6) is 0.0143. The zero-order valence-electron chi connectivity index (χ0n) is 16.3. The quantitative estimate of drug-likeness (QED) is 0.726. The number of hydrogen-bond donors (Lipinski definition) is 2. The normalized spacial score (nSPS) is 18.9. The molecule has 0 saturated heterocycles. The van der Waals surface area contributed by atoms with Crippen LogP contribution < -0.4 is 10.1 Å². The molecular formula is C20H23F3N4O2. The van der Waals surface area contributed by atoms with Gasteiger partial charge in [0.2, 0.25) is 0 Å². The Morgan fingerprint density at radius 2 is 2.00 bits per heavy atom. The zero-order chi connectivity index (χ0) is 20.8. The lowest BCUT2D eigenvalue weighted by Gasteiger charge is -2.29. The number of nitrogens with zero attached hydrogens (tertiary/aromatic N) is 2. The Morgan fingerprint density at radius 3 is 2.55 bits per heavy atom. The highest BCUT2D eigenvalue weighted by Gasteiger charge is 2.46. The van der Waals surface area contributed by atoms with Crippen LogP contribution in [0.2, 0.25) is 0 Å². The van der Waals surface area contributed by atoms with Crippen molar-refractivity contribution < 1.29 is 22.7 Å². The largest absolute Gasteiger partial charge is 0.484 e. The van der Waals surface area contributed by atoms with Gasteiger partial charge in [0.15, 0.2) is 6.61 Å². The Hall–Kier alpha value is -2.58. The fraction of sp³-hybridized carbons (Fsp3) is 0.550. The van der Waals surface area contributed by atoms with Crippen molar-refractivity contribution in [1.29, 1.82) is 0 Å². The lowest BCUT2D eigenvalue weighted by atomic mass is 9.91. The van der Waals surface area contributed by atoms with E-state index in [0.717, 1.165) is 37.1 Å². The second kappa shape index (κ2) is 7.03. The van der Waals surface area contributed by atoms with Gasteiger partial charge in [-0.1, -0.05) is 0 Å². The molecule has 0 bridgehead atoms. The van der Waals surface area contributed by atoms with Crippen LogP contribution in [0.4, 0.5) is 13.2 Å². The van der Waals surface area contributed by atoms with Gasteiger partial charge < -0.3 is 10.1 Å². The second-order valence-electron chi connectivity index (χ2n) is 8.15. The number of nitrogens with one attached hydrogen (secondary N) is 2. The third-order valence-electron chi connectivity index (χ3n) is 5.54. The van der Waals surface area contributed by atoms with Crippen LogP contribution in [0.15, 0.2) is 18.3 Å². The first kappa shape index (κ1) is 19.7. The molecule has 4 rings (SSSR count). The van der Waals surface area contributed by atoms with Crippen LogP contribution in [0.25, 0.3) is 0 Å². The number of halogens is 3. The summed E-state index contributed by atoms with van der Waals surface area (Å²) in [6.45, 7) is 2.40. The number of carbonyl (C=O) groups excluding carboxylic acids is 1. The first-order valence-corrected chi connectivity index (χ1v) is 9.70. The van der Waals surface area contributed by atoms with Gasteiger partial charge in [0, 0.05) is 23.5 Å². The molecule has 9 heteroatoms. The smallest absolute Gasteiger partial charge is 0.422 e. The molecule has 2 aliphatic carbocycles. The Bertz CT molecular complexity index is 919. The lowest BCUT2D eigenvalue weighted by molar-refractivity contribution is -0.153. The van der Waals surface area contributed by atoms with E-state index in [1.807, 2.05) is 19.9 Å². The summed E-state index contributed by atoms with van der Waals surface area (Å²) in [5.41, 5.74) is 1.60. The van der Waals surface area contributed by atoms with Crippen molar-refractivity contribution in [2.24, 2.45) is 5.92 Å². The number of aryl methyl sites for hydroxylation is 1. The highest BCUT2D eigenvalue weighted by Crippen LogP contribution is 2.46. The van der Waals surface area contributed by atoms with Crippen molar-refractivity contribution in [1.82, 2.24) is 20.5 Å². The van der Waals surface area contributed by atoms with Crippen LogP contribution in [0.3, 0.4) is 0 Å². The zero-order valence-corrected chi connectivity index (χ0v) is 16.3. The minimum absolute atomic E-state index is 0.0331. The number of carbonyl (C=O) groups is 1. The summed E-state index contributed by atoms with van der Waals surface area (Å²) in [5, 5.41) is 10.2. The summed E-state index contributed by atoms with van der Waals surface area (Å²) in [6.07, 6.45) is 0.718. The van der Waals surface area contributed by atoms with E-state index in [2.05, 4.69) is 20.5 Å². The predicted octanol–water partition coefficient (Wildman–Crippen LogP) is 3.99. The fourth-order valence-electron chi connectivity index (χ4n) is 3.58. The molecule has 29 heavy (non-hydrogen) atoms. The topological polar surface area (TPSA) is 79.9 Å². The maximum Gasteiger partial charge on any atom is 0.422 e. The number of alkyl halides is 3. The van der Waals surface area contributed by atoms with E-state index in [4.69, 9.17) is 4.74 Å². The molecule has 0 radical (unpaired) electrons. The maximum absolute atomic E-state index is 12.9. The Kier molecular flexibility index (Phi) is 4.78. The number of pyridine rings is 1. The number of aromatic amines is 1. The van der Waals surface area contributed by atoms with Crippen molar-refractivity contribution in [3.63, 3.8) is 0 Å². The third-order valence-corrected chi connectivity index (χ3v) is 5.54.